The van der Waals surface area contributed by atoms with E-state index >= 15 is 0 Å². The van der Waals surface area contributed by atoms with Crippen LogP contribution in [-0.4, -0.2) is 16.5 Å². The second kappa shape index (κ2) is 7.35. The van der Waals surface area contributed by atoms with E-state index in [1.54, 1.807) is 24.5 Å². The fraction of sp³-hybridized carbons (Fsp3) is 0.267. The van der Waals surface area contributed by atoms with Gasteiger partial charge in [-0.15, -0.1) is 0 Å². The topological polar surface area (TPSA) is 77.3 Å². The first kappa shape index (κ1) is 14.9. The summed E-state index contributed by atoms with van der Waals surface area (Å²) in [6.07, 6.45) is 4.47. The van der Waals surface area contributed by atoms with Gasteiger partial charge in [-0.05, 0) is 36.7 Å². The summed E-state index contributed by atoms with van der Waals surface area (Å²) in [5.41, 5.74) is 1.07. The molecule has 21 heavy (non-hydrogen) atoms. The molecular weight excluding hydrogens is 270 g/mol. The van der Waals surface area contributed by atoms with Crippen LogP contribution < -0.4 is 10.1 Å². The van der Waals surface area contributed by atoms with Crippen molar-refractivity contribution in [3.8, 4) is 11.5 Å². The fourth-order valence-electron chi connectivity index (χ4n) is 1.80. The third-order valence-corrected chi connectivity index (χ3v) is 2.81. The first-order valence-electron chi connectivity index (χ1n) is 6.76. The molecule has 0 amide bonds. The van der Waals surface area contributed by atoms with Crippen LogP contribution in [0.5, 0.6) is 11.5 Å². The molecule has 6 heteroatoms. The fourth-order valence-corrected chi connectivity index (χ4v) is 1.80. The van der Waals surface area contributed by atoms with E-state index in [0.717, 1.165) is 25.1 Å². The highest BCUT2D eigenvalue weighted by molar-refractivity contribution is 5.38. The molecule has 6 nitrogen and oxygen atoms in total. The molecule has 0 atom stereocenters. The number of aromatic nitrogens is 1. The Labute approximate surface area is 122 Å². The van der Waals surface area contributed by atoms with Crippen LogP contribution in [0.2, 0.25) is 0 Å². The predicted molar refractivity (Wildman–Crippen MR) is 79.4 cm³/mol. The van der Waals surface area contributed by atoms with Gasteiger partial charge in [-0.2, -0.15) is 0 Å². The molecule has 0 aliphatic heterocycles. The van der Waals surface area contributed by atoms with Gasteiger partial charge in [0.05, 0.1) is 11.1 Å². The standard InChI is InChI=1S/C15H17N3O3/c1-2-7-16-9-12-8-15(11-17-10-12)21-14-5-3-13(4-6-14)18(19)20/h3-6,8,10-11,16H,2,7,9H2,1H3. The van der Waals surface area contributed by atoms with Crippen LogP contribution >= 0.6 is 0 Å². The van der Waals surface area contributed by atoms with E-state index in [1.165, 1.54) is 12.1 Å². The Balaban J connectivity index is 2.01. The second-order valence-electron chi connectivity index (χ2n) is 4.56. The van der Waals surface area contributed by atoms with Crippen LogP contribution in [0.3, 0.4) is 0 Å². The molecule has 1 aromatic heterocycles. The first-order valence-corrected chi connectivity index (χ1v) is 6.76. The number of nitro benzene ring substituents is 1. The molecule has 1 aromatic carbocycles. The van der Waals surface area contributed by atoms with Crippen molar-refractivity contribution in [1.82, 2.24) is 10.3 Å². The minimum Gasteiger partial charge on any atom is -0.456 e. The smallest absolute Gasteiger partial charge is 0.269 e. The molecule has 1 N–H and O–H groups in total. The van der Waals surface area contributed by atoms with Crippen LogP contribution in [0.15, 0.2) is 42.7 Å². The van der Waals surface area contributed by atoms with Crippen molar-refractivity contribution in [1.29, 1.82) is 0 Å². The maximum Gasteiger partial charge on any atom is 0.269 e. The Kier molecular flexibility index (Phi) is 5.22. The van der Waals surface area contributed by atoms with Gasteiger partial charge in [-0.3, -0.25) is 15.1 Å². The van der Waals surface area contributed by atoms with E-state index in [0.29, 0.717) is 11.5 Å². The highest BCUT2D eigenvalue weighted by Crippen LogP contribution is 2.23. The minimum absolute atomic E-state index is 0.0398. The Morgan fingerprint density at radius 1 is 1.24 bits per heavy atom. The van der Waals surface area contributed by atoms with Crippen LogP contribution in [0.25, 0.3) is 0 Å². The van der Waals surface area contributed by atoms with Gasteiger partial charge in [0.25, 0.3) is 5.69 Å². The number of benzene rings is 1. The first-order chi connectivity index (χ1) is 10.2. The molecule has 0 aliphatic rings. The predicted octanol–water partition coefficient (Wildman–Crippen LogP) is 3.28. The number of pyridine rings is 1. The van der Waals surface area contributed by atoms with Gasteiger partial charge >= 0.3 is 0 Å². The van der Waals surface area contributed by atoms with Crippen molar-refractivity contribution in [3.05, 3.63) is 58.4 Å². The summed E-state index contributed by atoms with van der Waals surface area (Å²) in [7, 11) is 0. The zero-order chi connectivity index (χ0) is 15.1. The lowest BCUT2D eigenvalue weighted by atomic mass is 10.2. The van der Waals surface area contributed by atoms with Crippen LogP contribution in [0, 0.1) is 10.1 Å². The van der Waals surface area contributed by atoms with Gasteiger partial charge in [-0.1, -0.05) is 6.92 Å². The number of hydrogen-bond acceptors (Lipinski definition) is 5. The Morgan fingerprint density at radius 3 is 2.67 bits per heavy atom. The normalized spacial score (nSPS) is 10.3. The lowest BCUT2D eigenvalue weighted by molar-refractivity contribution is -0.384. The maximum absolute atomic E-state index is 10.6. The summed E-state index contributed by atoms with van der Waals surface area (Å²) in [5, 5.41) is 13.9. The van der Waals surface area contributed by atoms with E-state index in [-0.39, 0.29) is 5.69 Å². The van der Waals surface area contributed by atoms with Crippen LogP contribution in [0.1, 0.15) is 18.9 Å². The number of ether oxygens (including phenoxy) is 1. The average Bonchev–Trinajstić information content (AvgIpc) is 2.48. The third kappa shape index (κ3) is 4.54. The lowest BCUT2D eigenvalue weighted by Crippen LogP contribution is -2.13. The molecule has 1 heterocycles. The summed E-state index contributed by atoms with van der Waals surface area (Å²) in [4.78, 5) is 14.3. The molecule has 0 saturated heterocycles. The zero-order valence-electron chi connectivity index (χ0n) is 11.8. The van der Waals surface area contributed by atoms with Gasteiger partial charge in [0.15, 0.2) is 0 Å². The van der Waals surface area contributed by atoms with Crippen molar-refractivity contribution >= 4 is 5.69 Å². The van der Waals surface area contributed by atoms with E-state index in [1.807, 2.05) is 6.07 Å². The summed E-state index contributed by atoms with van der Waals surface area (Å²) in [6.45, 7) is 3.80. The van der Waals surface area contributed by atoms with Crippen LogP contribution in [0.4, 0.5) is 5.69 Å². The summed E-state index contributed by atoms with van der Waals surface area (Å²) in [6, 6.07) is 7.86. The molecule has 110 valence electrons. The maximum atomic E-state index is 10.6. The van der Waals surface area contributed by atoms with E-state index in [9.17, 15) is 10.1 Å². The van der Waals surface area contributed by atoms with Gasteiger partial charge < -0.3 is 10.1 Å². The molecule has 0 saturated carbocycles. The Bertz CT molecular complexity index is 599. The summed E-state index contributed by atoms with van der Waals surface area (Å²) < 4.78 is 5.65. The molecule has 0 unspecified atom stereocenters. The molecule has 0 fully saturated rings. The average molecular weight is 287 g/mol. The number of nitro groups is 1. The van der Waals surface area contributed by atoms with Gasteiger partial charge in [0.1, 0.15) is 11.5 Å². The monoisotopic (exact) mass is 287 g/mol. The van der Waals surface area contributed by atoms with E-state index < -0.39 is 4.92 Å². The van der Waals surface area contributed by atoms with Crippen molar-refractivity contribution in [2.45, 2.75) is 19.9 Å². The Morgan fingerprint density at radius 2 is 2.00 bits per heavy atom. The molecule has 0 spiro atoms. The quantitative estimate of drug-likeness (QED) is 0.480. The lowest BCUT2D eigenvalue weighted by Gasteiger charge is -2.07. The van der Waals surface area contributed by atoms with Crippen molar-refractivity contribution in [3.63, 3.8) is 0 Å². The van der Waals surface area contributed by atoms with Crippen molar-refractivity contribution in [2.75, 3.05) is 6.54 Å². The second-order valence-corrected chi connectivity index (χ2v) is 4.56. The number of rotatable bonds is 7. The molecule has 0 bridgehead atoms. The van der Waals surface area contributed by atoms with Crippen LogP contribution in [-0.2, 0) is 6.54 Å². The summed E-state index contributed by atoms with van der Waals surface area (Å²) in [5.74, 6) is 1.15. The van der Waals surface area contributed by atoms with Gasteiger partial charge in [-0.25, -0.2) is 0 Å². The van der Waals surface area contributed by atoms with Crippen molar-refractivity contribution in [2.24, 2.45) is 0 Å². The highest BCUT2D eigenvalue weighted by atomic mass is 16.6. The third-order valence-electron chi connectivity index (χ3n) is 2.81. The molecular formula is C15H17N3O3. The SMILES string of the molecule is CCCNCc1cncc(Oc2ccc([N+](=O)[O-])cc2)c1. The zero-order valence-corrected chi connectivity index (χ0v) is 11.8. The number of nitrogens with one attached hydrogen (secondary N) is 1. The van der Waals surface area contributed by atoms with Gasteiger partial charge in [0.2, 0.25) is 0 Å². The van der Waals surface area contributed by atoms with Gasteiger partial charge in [0, 0.05) is 24.9 Å². The Hall–Kier alpha value is -2.47. The summed E-state index contributed by atoms with van der Waals surface area (Å²) >= 11 is 0. The largest absolute Gasteiger partial charge is 0.456 e. The molecule has 2 aromatic rings. The van der Waals surface area contributed by atoms with Crippen molar-refractivity contribution < 1.29 is 9.66 Å². The van der Waals surface area contributed by atoms with E-state index in [2.05, 4.69) is 17.2 Å². The highest BCUT2D eigenvalue weighted by Gasteiger charge is 2.05. The number of hydrogen-bond donors (Lipinski definition) is 1. The minimum atomic E-state index is -0.439. The number of non-ortho nitro benzene ring substituents is 1. The molecule has 0 aliphatic carbocycles. The molecule has 2 rings (SSSR count). The number of nitrogens with zero attached hydrogens (tertiary/aromatic N) is 2. The molecule has 0 radical (unpaired) electrons. The van der Waals surface area contributed by atoms with E-state index in [4.69, 9.17) is 4.74 Å².